The zero-order valence-corrected chi connectivity index (χ0v) is 13.4. The van der Waals surface area contributed by atoms with Gasteiger partial charge in [0.15, 0.2) is 6.10 Å². The Balaban J connectivity index is 1.47. The molecule has 0 radical (unpaired) electrons. The molecule has 1 aliphatic heterocycles. The molecule has 0 spiro atoms. The lowest BCUT2D eigenvalue weighted by molar-refractivity contribution is -0.129. The van der Waals surface area contributed by atoms with E-state index in [1.807, 2.05) is 6.07 Å². The van der Waals surface area contributed by atoms with E-state index in [1.165, 1.54) is 35.4 Å². The predicted molar refractivity (Wildman–Crippen MR) is 89.8 cm³/mol. The fraction of sp³-hybridized carbons (Fsp3) is 0.316. The van der Waals surface area contributed by atoms with E-state index in [9.17, 15) is 14.3 Å². The van der Waals surface area contributed by atoms with E-state index in [0.717, 1.165) is 26.1 Å². The van der Waals surface area contributed by atoms with Crippen molar-refractivity contribution in [2.24, 2.45) is 0 Å². The lowest BCUT2D eigenvalue weighted by Crippen LogP contribution is -2.39. The molecule has 1 aliphatic rings. The predicted octanol–water partition coefficient (Wildman–Crippen LogP) is 2.03. The van der Waals surface area contributed by atoms with Crippen LogP contribution >= 0.6 is 0 Å². The Morgan fingerprint density at radius 2 is 2.00 bits per heavy atom. The molecule has 2 aromatic carbocycles. The number of hydrogen-bond donors (Lipinski definition) is 2. The molecule has 5 heteroatoms. The van der Waals surface area contributed by atoms with Crippen LogP contribution in [0.25, 0.3) is 0 Å². The highest BCUT2D eigenvalue weighted by Crippen LogP contribution is 2.18. The number of benzene rings is 2. The van der Waals surface area contributed by atoms with Crippen molar-refractivity contribution in [3.05, 3.63) is 71.0 Å². The smallest absolute Gasteiger partial charge is 0.253 e. The molecule has 1 unspecified atom stereocenters. The van der Waals surface area contributed by atoms with Gasteiger partial charge < -0.3 is 10.4 Å². The molecule has 1 atom stereocenters. The molecular weight excluding hydrogens is 307 g/mol. The van der Waals surface area contributed by atoms with Crippen molar-refractivity contribution in [2.75, 3.05) is 19.6 Å². The van der Waals surface area contributed by atoms with Gasteiger partial charge in [-0.1, -0.05) is 36.4 Å². The van der Waals surface area contributed by atoms with Crippen molar-refractivity contribution in [1.29, 1.82) is 0 Å². The number of carbonyl (C=O) groups is 1. The van der Waals surface area contributed by atoms with Crippen molar-refractivity contribution >= 4 is 5.91 Å². The fourth-order valence-electron chi connectivity index (χ4n) is 3.01. The van der Waals surface area contributed by atoms with Crippen LogP contribution in [0.3, 0.4) is 0 Å². The van der Waals surface area contributed by atoms with Crippen LogP contribution in [0, 0.1) is 5.82 Å². The summed E-state index contributed by atoms with van der Waals surface area (Å²) in [6, 6.07) is 13.9. The third kappa shape index (κ3) is 3.99. The molecular formula is C19H21FN2O2. The van der Waals surface area contributed by atoms with Gasteiger partial charge in [0.05, 0.1) is 0 Å². The number of rotatable bonds is 5. The Kier molecular flexibility index (Phi) is 5.23. The normalized spacial score (nSPS) is 15.6. The third-order valence-corrected chi connectivity index (χ3v) is 4.35. The number of nitrogens with zero attached hydrogens (tertiary/aromatic N) is 1. The molecule has 24 heavy (non-hydrogen) atoms. The summed E-state index contributed by atoms with van der Waals surface area (Å²) in [6.07, 6.45) is -0.335. The monoisotopic (exact) mass is 328 g/mol. The van der Waals surface area contributed by atoms with Crippen LogP contribution < -0.4 is 5.32 Å². The van der Waals surface area contributed by atoms with Crippen LogP contribution in [0.15, 0.2) is 48.5 Å². The highest BCUT2D eigenvalue weighted by molar-refractivity contribution is 5.81. The molecule has 0 aliphatic carbocycles. The van der Waals surface area contributed by atoms with Gasteiger partial charge in [0.25, 0.3) is 5.91 Å². The number of halogens is 1. The average molecular weight is 328 g/mol. The summed E-state index contributed by atoms with van der Waals surface area (Å²) < 4.78 is 13.2. The Labute approximate surface area is 140 Å². The van der Waals surface area contributed by atoms with E-state index in [-0.39, 0.29) is 5.56 Å². The van der Waals surface area contributed by atoms with Gasteiger partial charge in [-0.3, -0.25) is 9.69 Å². The first-order valence-electron chi connectivity index (χ1n) is 8.14. The van der Waals surface area contributed by atoms with Crippen LogP contribution in [0.4, 0.5) is 4.39 Å². The first-order chi connectivity index (χ1) is 11.6. The number of aliphatic hydroxyl groups excluding tert-OH is 1. The van der Waals surface area contributed by atoms with Crippen LogP contribution in [0.1, 0.15) is 22.8 Å². The zero-order valence-electron chi connectivity index (χ0n) is 13.4. The van der Waals surface area contributed by atoms with E-state index in [0.29, 0.717) is 6.54 Å². The SMILES string of the molecule is O=C(NCCN1CCc2ccccc2C1)C(O)c1cccc(F)c1. The quantitative estimate of drug-likeness (QED) is 0.883. The molecule has 2 aromatic rings. The summed E-state index contributed by atoms with van der Waals surface area (Å²) >= 11 is 0. The van der Waals surface area contributed by atoms with Crippen LogP contribution in [0.2, 0.25) is 0 Å². The Hall–Kier alpha value is -2.24. The minimum atomic E-state index is -1.34. The molecule has 0 saturated carbocycles. The fourth-order valence-corrected chi connectivity index (χ4v) is 3.01. The lowest BCUT2D eigenvalue weighted by atomic mass is 10.00. The summed E-state index contributed by atoms with van der Waals surface area (Å²) in [4.78, 5) is 14.3. The van der Waals surface area contributed by atoms with E-state index in [2.05, 4.69) is 28.4 Å². The first kappa shape index (κ1) is 16.6. The van der Waals surface area contributed by atoms with Crippen molar-refractivity contribution in [2.45, 2.75) is 19.1 Å². The van der Waals surface area contributed by atoms with Crippen molar-refractivity contribution in [3.63, 3.8) is 0 Å². The van der Waals surface area contributed by atoms with Crippen LogP contribution in [0.5, 0.6) is 0 Å². The summed E-state index contributed by atoms with van der Waals surface area (Å²) in [6.45, 7) is 3.00. The number of carbonyl (C=O) groups excluding carboxylic acids is 1. The average Bonchev–Trinajstić information content (AvgIpc) is 2.61. The summed E-state index contributed by atoms with van der Waals surface area (Å²) in [5, 5.41) is 12.7. The van der Waals surface area contributed by atoms with Gasteiger partial charge in [0.2, 0.25) is 0 Å². The Bertz CT molecular complexity index is 720. The van der Waals surface area contributed by atoms with Gasteiger partial charge in [0.1, 0.15) is 5.82 Å². The summed E-state index contributed by atoms with van der Waals surface area (Å²) in [5.74, 6) is -0.968. The summed E-state index contributed by atoms with van der Waals surface area (Å²) in [7, 11) is 0. The first-order valence-corrected chi connectivity index (χ1v) is 8.14. The van der Waals surface area contributed by atoms with Gasteiger partial charge >= 0.3 is 0 Å². The van der Waals surface area contributed by atoms with E-state index < -0.39 is 17.8 Å². The van der Waals surface area contributed by atoms with E-state index in [1.54, 1.807) is 0 Å². The van der Waals surface area contributed by atoms with Crippen molar-refractivity contribution < 1.29 is 14.3 Å². The van der Waals surface area contributed by atoms with E-state index in [4.69, 9.17) is 0 Å². The topological polar surface area (TPSA) is 52.6 Å². The highest BCUT2D eigenvalue weighted by Gasteiger charge is 2.19. The molecule has 0 aromatic heterocycles. The molecule has 3 rings (SSSR count). The standard InChI is InChI=1S/C19H21FN2O2/c20-17-7-3-6-15(12-17)18(23)19(24)21-9-11-22-10-8-14-4-1-2-5-16(14)13-22/h1-7,12,18,23H,8-11,13H2,(H,21,24). The Morgan fingerprint density at radius 3 is 2.79 bits per heavy atom. The van der Waals surface area contributed by atoms with Gasteiger partial charge in [-0.15, -0.1) is 0 Å². The molecule has 1 amide bonds. The molecule has 126 valence electrons. The van der Waals surface area contributed by atoms with Crippen LogP contribution in [-0.2, 0) is 17.8 Å². The van der Waals surface area contributed by atoms with Gasteiger partial charge in [-0.25, -0.2) is 4.39 Å². The molecule has 0 saturated heterocycles. The van der Waals surface area contributed by atoms with Gasteiger partial charge in [0, 0.05) is 26.2 Å². The van der Waals surface area contributed by atoms with Crippen molar-refractivity contribution in [3.8, 4) is 0 Å². The largest absolute Gasteiger partial charge is 0.378 e. The highest BCUT2D eigenvalue weighted by atomic mass is 19.1. The maximum absolute atomic E-state index is 13.2. The van der Waals surface area contributed by atoms with Crippen LogP contribution in [-0.4, -0.2) is 35.5 Å². The number of fused-ring (bicyclic) bond motifs is 1. The molecule has 4 nitrogen and oxygen atoms in total. The van der Waals surface area contributed by atoms with Gasteiger partial charge in [-0.2, -0.15) is 0 Å². The minimum Gasteiger partial charge on any atom is -0.378 e. The minimum absolute atomic E-state index is 0.263. The second-order valence-corrected chi connectivity index (χ2v) is 6.04. The molecule has 0 fully saturated rings. The molecule has 0 bridgehead atoms. The molecule has 2 N–H and O–H groups in total. The number of aliphatic hydroxyl groups is 1. The lowest BCUT2D eigenvalue weighted by Gasteiger charge is -2.28. The Morgan fingerprint density at radius 1 is 1.21 bits per heavy atom. The maximum atomic E-state index is 13.2. The van der Waals surface area contributed by atoms with E-state index >= 15 is 0 Å². The van der Waals surface area contributed by atoms with Gasteiger partial charge in [-0.05, 0) is 35.2 Å². The second kappa shape index (κ2) is 7.55. The maximum Gasteiger partial charge on any atom is 0.253 e. The zero-order chi connectivity index (χ0) is 16.9. The summed E-state index contributed by atoms with van der Waals surface area (Å²) in [5.41, 5.74) is 2.98. The molecule has 1 heterocycles. The number of nitrogens with one attached hydrogen (secondary N) is 1. The number of hydrogen-bond acceptors (Lipinski definition) is 3. The van der Waals surface area contributed by atoms with Crippen molar-refractivity contribution in [1.82, 2.24) is 10.2 Å². The number of amides is 1. The second-order valence-electron chi connectivity index (χ2n) is 6.04. The third-order valence-electron chi connectivity index (χ3n) is 4.35.